The molecular weight excluding hydrogens is 474 g/mol. The highest BCUT2D eigenvalue weighted by Gasteiger charge is 2.35. The third kappa shape index (κ3) is 5.00. The summed E-state index contributed by atoms with van der Waals surface area (Å²) in [5, 5.41) is 16.0. The third-order valence-electron chi connectivity index (χ3n) is 5.77. The van der Waals surface area contributed by atoms with Crippen molar-refractivity contribution >= 4 is 40.1 Å². The minimum absolute atomic E-state index is 0.198. The van der Waals surface area contributed by atoms with Gasteiger partial charge in [0.05, 0.1) is 39.5 Å². The van der Waals surface area contributed by atoms with E-state index in [1.165, 1.54) is 5.01 Å². The zero-order valence-corrected chi connectivity index (χ0v) is 20.2. The van der Waals surface area contributed by atoms with Gasteiger partial charge in [-0.3, -0.25) is 9.59 Å². The normalized spacial score (nSPS) is 15.1. The highest BCUT2D eigenvalue weighted by Crippen LogP contribution is 2.39. The van der Waals surface area contributed by atoms with Crippen LogP contribution in [0.3, 0.4) is 0 Å². The van der Waals surface area contributed by atoms with Crippen molar-refractivity contribution in [1.82, 2.24) is 9.99 Å². The fraction of sp³-hybridized carbons (Fsp3) is 0.280. The van der Waals surface area contributed by atoms with Gasteiger partial charge in [-0.25, -0.2) is 9.99 Å². The number of halogens is 1. The van der Waals surface area contributed by atoms with Crippen molar-refractivity contribution in [3.63, 3.8) is 0 Å². The number of benzene rings is 2. The van der Waals surface area contributed by atoms with Crippen LogP contribution >= 0.6 is 11.6 Å². The second-order valence-electron chi connectivity index (χ2n) is 7.90. The van der Waals surface area contributed by atoms with Crippen molar-refractivity contribution in [1.29, 1.82) is 0 Å². The molecule has 1 N–H and O–H groups in total. The number of amides is 1. The summed E-state index contributed by atoms with van der Waals surface area (Å²) in [6, 6.07) is 12.1. The molecule has 0 unspecified atom stereocenters. The number of fused-ring (bicyclic) bond motifs is 1. The van der Waals surface area contributed by atoms with Gasteiger partial charge in [0.2, 0.25) is 5.91 Å². The van der Waals surface area contributed by atoms with Crippen molar-refractivity contribution in [3.05, 3.63) is 58.7 Å². The number of hydrogen-bond donors (Lipinski definition) is 1. The molecule has 2 heterocycles. The van der Waals surface area contributed by atoms with Crippen LogP contribution in [0.25, 0.3) is 10.9 Å². The third-order valence-corrected chi connectivity index (χ3v) is 6.07. The summed E-state index contributed by atoms with van der Waals surface area (Å²) in [6.45, 7) is 0. The first-order valence-electron chi connectivity index (χ1n) is 10.8. The Hall–Kier alpha value is -3.85. The van der Waals surface area contributed by atoms with Crippen LogP contribution in [0, 0.1) is 0 Å². The van der Waals surface area contributed by atoms with Gasteiger partial charge in [0.1, 0.15) is 27.9 Å². The van der Waals surface area contributed by atoms with Crippen molar-refractivity contribution in [2.75, 3.05) is 21.3 Å². The largest absolute Gasteiger partial charge is 0.497 e. The Morgan fingerprint density at radius 3 is 2.40 bits per heavy atom. The molecule has 1 aliphatic heterocycles. The molecule has 0 bridgehead atoms. The number of carboxylic acid groups (broad SMARTS) is 1. The van der Waals surface area contributed by atoms with Gasteiger partial charge in [-0.15, -0.1) is 0 Å². The van der Waals surface area contributed by atoms with Crippen LogP contribution in [0.4, 0.5) is 0 Å². The Labute approximate surface area is 206 Å². The molecule has 1 atom stereocenters. The number of hydrazone groups is 1. The maximum absolute atomic E-state index is 13.1. The first-order valence-corrected chi connectivity index (χ1v) is 11.2. The number of carbonyl (C=O) groups excluding carboxylic acids is 1. The number of ether oxygens (including phenoxy) is 3. The van der Waals surface area contributed by atoms with Crippen molar-refractivity contribution in [2.24, 2.45) is 5.10 Å². The Balaban J connectivity index is 1.78. The Morgan fingerprint density at radius 1 is 1.06 bits per heavy atom. The molecule has 4 rings (SSSR count). The summed E-state index contributed by atoms with van der Waals surface area (Å²) < 4.78 is 16.1. The highest BCUT2D eigenvalue weighted by molar-refractivity contribution is 6.30. The molecule has 0 aliphatic carbocycles. The summed E-state index contributed by atoms with van der Waals surface area (Å²) in [7, 11) is 4.66. The minimum atomic E-state index is -1.06. The number of para-hydroxylation sites is 1. The van der Waals surface area contributed by atoms with E-state index in [9.17, 15) is 9.59 Å². The molecule has 0 spiro atoms. The molecule has 1 amide bonds. The van der Waals surface area contributed by atoms with E-state index in [0.717, 1.165) is 5.39 Å². The van der Waals surface area contributed by atoms with Gasteiger partial charge in [0.25, 0.3) is 0 Å². The second-order valence-corrected chi connectivity index (χ2v) is 8.26. The van der Waals surface area contributed by atoms with Gasteiger partial charge in [0, 0.05) is 35.4 Å². The lowest BCUT2D eigenvalue weighted by molar-refractivity contribution is -0.141. The van der Waals surface area contributed by atoms with E-state index < -0.39 is 17.9 Å². The number of nitrogens with zero attached hydrogens (tertiary/aromatic N) is 3. The van der Waals surface area contributed by atoms with Gasteiger partial charge in [-0.1, -0.05) is 23.7 Å². The molecule has 10 heteroatoms. The maximum Gasteiger partial charge on any atom is 0.303 e. The summed E-state index contributed by atoms with van der Waals surface area (Å²) >= 11 is 6.61. The molecule has 0 saturated heterocycles. The molecule has 2 aromatic carbocycles. The first kappa shape index (κ1) is 24.3. The smallest absolute Gasteiger partial charge is 0.303 e. The Bertz CT molecular complexity index is 1300. The van der Waals surface area contributed by atoms with Crippen molar-refractivity contribution < 1.29 is 28.9 Å². The number of aromatic nitrogens is 1. The van der Waals surface area contributed by atoms with Gasteiger partial charge in [-0.05, 0) is 24.3 Å². The number of methoxy groups -OCH3 is 3. The molecule has 0 radical (unpaired) electrons. The fourth-order valence-electron chi connectivity index (χ4n) is 4.02. The van der Waals surface area contributed by atoms with E-state index in [2.05, 4.69) is 10.1 Å². The van der Waals surface area contributed by atoms with Crippen LogP contribution in [0.15, 0.2) is 47.6 Å². The lowest BCUT2D eigenvalue weighted by Crippen LogP contribution is -2.27. The topological polar surface area (TPSA) is 111 Å². The second kappa shape index (κ2) is 10.2. The fourth-order valence-corrected chi connectivity index (χ4v) is 4.29. The maximum atomic E-state index is 13.1. The monoisotopic (exact) mass is 497 g/mol. The van der Waals surface area contributed by atoms with E-state index in [1.807, 2.05) is 18.2 Å². The molecule has 0 saturated carbocycles. The standard InChI is InChI=1S/C25H24ClN3O6/c1-33-16-9-15(10-17(12-16)34-2)19-13-20(29(28-19)22(30)7-8-23(31)32)18-11-14-5-4-6-21(35-3)24(14)27-25(18)26/h4-6,9-12,20H,7-8,13H2,1-3H3,(H,31,32)/t20-/m0/s1. The van der Waals surface area contributed by atoms with Crippen LogP contribution in [-0.4, -0.2) is 54.0 Å². The number of carbonyl (C=O) groups is 2. The van der Waals surface area contributed by atoms with Crippen LogP contribution in [0.1, 0.15) is 36.4 Å². The average Bonchev–Trinajstić information content (AvgIpc) is 3.31. The van der Waals surface area contributed by atoms with E-state index in [1.54, 1.807) is 45.6 Å². The van der Waals surface area contributed by atoms with Crippen LogP contribution in [0.5, 0.6) is 17.2 Å². The average molecular weight is 498 g/mol. The molecule has 3 aromatic rings. The SMILES string of the molecule is COc1cc(OC)cc(C2=NN(C(=O)CCC(=O)O)[C@H](c3cc4cccc(OC)c4nc3Cl)C2)c1. The summed E-state index contributed by atoms with van der Waals surface area (Å²) in [5.41, 5.74) is 2.53. The van der Waals surface area contributed by atoms with Gasteiger partial charge in [-0.2, -0.15) is 5.10 Å². The molecule has 182 valence electrons. The van der Waals surface area contributed by atoms with Crippen LogP contribution in [0.2, 0.25) is 5.15 Å². The number of pyridine rings is 1. The van der Waals surface area contributed by atoms with E-state index in [-0.39, 0.29) is 18.0 Å². The van der Waals surface area contributed by atoms with E-state index >= 15 is 0 Å². The van der Waals surface area contributed by atoms with E-state index in [0.29, 0.717) is 46.0 Å². The Morgan fingerprint density at radius 2 is 1.77 bits per heavy atom. The molecule has 0 fully saturated rings. The summed E-state index contributed by atoms with van der Waals surface area (Å²) in [6.07, 6.45) is -0.163. The zero-order valence-electron chi connectivity index (χ0n) is 19.4. The van der Waals surface area contributed by atoms with E-state index in [4.69, 9.17) is 30.9 Å². The lowest BCUT2D eigenvalue weighted by atomic mass is 9.97. The van der Waals surface area contributed by atoms with Crippen LogP contribution in [-0.2, 0) is 9.59 Å². The number of carboxylic acids is 1. The van der Waals surface area contributed by atoms with Gasteiger partial charge >= 0.3 is 5.97 Å². The molecular formula is C25H24ClN3O6. The Kier molecular flexibility index (Phi) is 7.07. The van der Waals surface area contributed by atoms with Crippen molar-refractivity contribution in [2.45, 2.75) is 25.3 Å². The summed E-state index contributed by atoms with van der Waals surface area (Å²) in [5.74, 6) is 0.244. The molecule has 1 aliphatic rings. The lowest BCUT2D eigenvalue weighted by Gasteiger charge is -2.23. The molecule has 35 heavy (non-hydrogen) atoms. The molecule has 9 nitrogen and oxygen atoms in total. The zero-order chi connectivity index (χ0) is 25.1. The number of aliphatic carboxylic acids is 1. The van der Waals surface area contributed by atoms with Gasteiger partial charge < -0.3 is 19.3 Å². The number of hydrogen-bond acceptors (Lipinski definition) is 7. The quantitative estimate of drug-likeness (QED) is 0.457. The summed E-state index contributed by atoms with van der Waals surface area (Å²) in [4.78, 5) is 28.7. The van der Waals surface area contributed by atoms with Crippen LogP contribution < -0.4 is 14.2 Å². The highest BCUT2D eigenvalue weighted by atomic mass is 35.5. The van der Waals surface area contributed by atoms with Gasteiger partial charge in [0.15, 0.2) is 0 Å². The number of rotatable bonds is 8. The molecule has 1 aromatic heterocycles. The van der Waals surface area contributed by atoms with Crippen molar-refractivity contribution in [3.8, 4) is 17.2 Å². The predicted octanol–water partition coefficient (Wildman–Crippen LogP) is 4.46. The minimum Gasteiger partial charge on any atom is -0.497 e. The predicted molar refractivity (Wildman–Crippen MR) is 130 cm³/mol. The first-order chi connectivity index (χ1) is 16.8.